The molecule has 0 aromatic heterocycles. The Balaban J connectivity index is 2.16. The highest BCUT2D eigenvalue weighted by atomic mass is 16.5. The van der Waals surface area contributed by atoms with Gasteiger partial charge in [-0.05, 0) is 40.6 Å². The Morgan fingerprint density at radius 1 is 0.760 bits per heavy atom. The Morgan fingerprint density at radius 3 is 1.96 bits per heavy atom. The van der Waals surface area contributed by atoms with Gasteiger partial charge in [0.25, 0.3) is 0 Å². The maximum atomic E-state index is 10.7. The molecule has 0 fully saturated rings. The van der Waals surface area contributed by atoms with Gasteiger partial charge in [0, 0.05) is 11.1 Å². The molecule has 0 bridgehead atoms. The molecular weight excluding hydrogens is 308 g/mol. The van der Waals surface area contributed by atoms with E-state index < -0.39 is 0 Å². The predicted octanol–water partition coefficient (Wildman–Crippen LogP) is 6.28. The molecule has 0 radical (unpaired) electrons. The fourth-order valence-corrected chi connectivity index (χ4v) is 3.30. The van der Waals surface area contributed by atoms with Crippen LogP contribution in [0.25, 0.3) is 32.7 Å². The van der Waals surface area contributed by atoms with E-state index in [-0.39, 0.29) is 5.75 Å². The lowest BCUT2D eigenvalue weighted by molar-refractivity contribution is 0.432. The molecule has 0 aliphatic carbocycles. The molecule has 4 rings (SSSR count). The summed E-state index contributed by atoms with van der Waals surface area (Å²) in [5.74, 6) is 1.54. The third-order valence-corrected chi connectivity index (χ3v) is 4.33. The Labute approximate surface area is 146 Å². The van der Waals surface area contributed by atoms with E-state index in [1.807, 2.05) is 61.5 Å². The fraction of sp³-hybridized carbons (Fsp3) is 0.0435. The number of phenolic OH excluding ortho intramolecular Hbond substituents is 1. The average Bonchev–Trinajstić information content (AvgIpc) is 2.62. The number of hydrogen-bond donors (Lipinski definition) is 1. The van der Waals surface area contributed by atoms with E-state index in [4.69, 9.17) is 4.74 Å². The van der Waals surface area contributed by atoms with E-state index in [1.165, 1.54) is 0 Å². The zero-order chi connectivity index (χ0) is 17.4. The first-order valence-corrected chi connectivity index (χ1v) is 8.21. The van der Waals surface area contributed by atoms with Crippen LogP contribution in [-0.2, 0) is 0 Å². The second-order valence-electron chi connectivity index (χ2n) is 6.14. The molecule has 2 nitrogen and oxygen atoms in total. The number of hydrogen-bond acceptors (Lipinski definition) is 2. The summed E-state index contributed by atoms with van der Waals surface area (Å²) in [5, 5.41) is 14.9. The second-order valence-corrected chi connectivity index (χ2v) is 6.14. The van der Waals surface area contributed by atoms with Gasteiger partial charge in [-0.3, -0.25) is 0 Å². The van der Waals surface area contributed by atoms with Gasteiger partial charge in [-0.2, -0.15) is 0 Å². The van der Waals surface area contributed by atoms with Crippen LogP contribution in [0.2, 0.25) is 0 Å². The Morgan fingerprint density at radius 2 is 1.32 bits per heavy atom. The van der Waals surface area contributed by atoms with Crippen LogP contribution >= 0.6 is 0 Å². The van der Waals surface area contributed by atoms with Gasteiger partial charge in [-0.15, -0.1) is 0 Å². The fourth-order valence-electron chi connectivity index (χ4n) is 3.30. The first-order chi connectivity index (χ1) is 12.1. The van der Waals surface area contributed by atoms with Crippen molar-refractivity contribution >= 4 is 21.5 Å². The summed E-state index contributed by atoms with van der Waals surface area (Å²) in [5.41, 5.74) is 1.67. The molecule has 4 aromatic rings. The molecule has 0 unspecified atom stereocenters. The second kappa shape index (κ2) is 5.99. The topological polar surface area (TPSA) is 29.5 Å². The minimum absolute atomic E-state index is 0.238. The third-order valence-electron chi connectivity index (χ3n) is 4.33. The van der Waals surface area contributed by atoms with Crippen molar-refractivity contribution < 1.29 is 9.84 Å². The molecule has 122 valence electrons. The summed E-state index contributed by atoms with van der Waals surface area (Å²) in [6.07, 6.45) is 0. The summed E-state index contributed by atoms with van der Waals surface area (Å²) in [6, 6.07) is 23.8. The normalized spacial score (nSPS) is 10.9. The van der Waals surface area contributed by atoms with Crippen LogP contribution in [0.3, 0.4) is 0 Å². The van der Waals surface area contributed by atoms with Crippen LogP contribution < -0.4 is 4.74 Å². The van der Waals surface area contributed by atoms with E-state index in [0.717, 1.165) is 32.7 Å². The van der Waals surface area contributed by atoms with E-state index >= 15 is 0 Å². The van der Waals surface area contributed by atoms with Crippen molar-refractivity contribution in [3.8, 4) is 22.6 Å². The van der Waals surface area contributed by atoms with Gasteiger partial charge in [-0.25, -0.2) is 0 Å². The third kappa shape index (κ3) is 2.62. The largest absolute Gasteiger partial charge is 0.507 e. The summed E-state index contributed by atoms with van der Waals surface area (Å²) in [6.45, 7) is 5.69. The lowest BCUT2D eigenvalue weighted by Gasteiger charge is -2.17. The van der Waals surface area contributed by atoms with E-state index in [0.29, 0.717) is 11.5 Å². The molecule has 25 heavy (non-hydrogen) atoms. The zero-order valence-corrected chi connectivity index (χ0v) is 14.0. The summed E-state index contributed by atoms with van der Waals surface area (Å²) >= 11 is 0. The van der Waals surface area contributed by atoms with Crippen LogP contribution in [-0.4, -0.2) is 5.11 Å². The van der Waals surface area contributed by atoms with E-state index in [1.54, 1.807) is 6.07 Å². The van der Waals surface area contributed by atoms with Crippen molar-refractivity contribution in [2.24, 2.45) is 0 Å². The lowest BCUT2D eigenvalue weighted by Crippen LogP contribution is -1.94. The molecule has 0 spiro atoms. The van der Waals surface area contributed by atoms with Crippen LogP contribution in [0.4, 0.5) is 0 Å². The minimum Gasteiger partial charge on any atom is -0.507 e. The van der Waals surface area contributed by atoms with Crippen LogP contribution in [0.15, 0.2) is 85.1 Å². The van der Waals surface area contributed by atoms with Crippen LogP contribution in [0.1, 0.15) is 6.92 Å². The minimum atomic E-state index is 0.238. The molecule has 0 heterocycles. The van der Waals surface area contributed by atoms with E-state index in [2.05, 4.69) is 18.7 Å². The molecule has 0 saturated carbocycles. The molecule has 0 aliphatic rings. The summed E-state index contributed by atoms with van der Waals surface area (Å²) < 4.78 is 5.91. The van der Waals surface area contributed by atoms with Crippen molar-refractivity contribution in [2.75, 3.05) is 0 Å². The number of ether oxygens (including phenoxy) is 1. The molecule has 0 atom stereocenters. The molecule has 4 aromatic carbocycles. The van der Waals surface area contributed by atoms with Gasteiger partial charge in [0.1, 0.15) is 11.5 Å². The number of fused-ring (bicyclic) bond motifs is 2. The van der Waals surface area contributed by atoms with Gasteiger partial charge in [0.2, 0.25) is 0 Å². The van der Waals surface area contributed by atoms with Gasteiger partial charge < -0.3 is 9.84 Å². The van der Waals surface area contributed by atoms with Gasteiger partial charge in [0.15, 0.2) is 0 Å². The smallest absolute Gasteiger partial charge is 0.135 e. The quantitative estimate of drug-likeness (QED) is 0.449. The average molecular weight is 326 g/mol. The van der Waals surface area contributed by atoms with Crippen molar-refractivity contribution in [3.05, 3.63) is 85.1 Å². The first kappa shape index (κ1) is 15.3. The molecule has 0 aliphatic heterocycles. The highest BCUT2D eigenvalue weighted by Crippen LogP contribution is 2.45. The van der Waals surface area contributed by atoms with Crippen LogP contribution in [0.5, 0.6) is 11.5 Å². The Bertz CT molecular complexity index is 1110. The van der Waals surface area contributed by atoms with Crippen molar-refractivity contribution in [1.82, 2.24) is 0 Å². The highest BCUT2D eigenvalue weighted by molar-refractivity contribution is 6.09. The number of rotatable bonds is 3. The van der Waals surface area contributed by atoms with Crippen molar-refractivity contribution in [2.45, 2.75) is 6.92 Å². The lowest BCUT2D eigenvalue weighted by atomic mass is 9.92. The van der Waals surface area contributed by atoms with Gasteiger partial charge in [-0.1, -0.05) is 67.2 Å². The number of benzene rings is 4. The SMILES string of the molecule is C=C(C)Oc1ccc2ccccc2c1-c1c(O)ccc2ccccc12. The Hall–Kier alpha value is -3.26. The zero-order valence-electron chi connectivity index (χ0n) is 14.0. The summed E-state index contributed by atoms with van der Waals surface area (Å²) in [7, 11) is 0. The van der Waals surface area contributed by atoms with Crippen molar-refractivity contribution in [3.63, 3.8) is 0 Å². The van der Waals surface area contributed by atoms with E-state index in [9.17, 15) is 5.11 Å². The first-order valence-electron chi connectivity index (χ1n) is 8.21. The van der Waals surface area contributed by atoms with Crippen LogP contribution in [0, 0.1) is 0 Å². The summed E-state index contributed by atoms with van der Waals surface area (Å²) in [4.78, 5) is 0. The molecule has 2 heteroatoms. The molecule has 0 saturated heterocycles. The molecule has 1 N–H and O–H groups in total. The maximum Gasteiger partial charge on any atom is 0.135 e. The highest BCUT2D eigenvalue weighted by Gasteiger charge is 2.17. The Kier molecular flexibility index (Phi) is 3.66. The number of aromatic hydroxyl groups is 1. The predicted molar refractivity (Wildman–Crippen MR) is 104 cm³/mol. The van der Waals surface area contributed by atoms with Gasteiger partial charge >= 0.3 is 0 Å². The standard InChI is InChI=1S/C23H18O2/c1-15(2)25-21-14-12-17-8-4-6-10-19(17)23(21)22-18-9-5-3-7-16(18)11-13-20(22)24/h3-14,24H,1H2,2H3. The number of phenols is 1. The monoisotopic (exact) mass is 326 g/mol. The number of allylic oxidation sites excluding steroid dienone is 1. The van der Waals surface area contributed by atoms with Crippen molar-refractivity contribution in [1.29, 1.82) is 0 Å². The molecule has 0 amide bonds. The maximum absolute atomic E-state index is 10.7. The van der Waals surface area contributed by atoms with Gasteiger partial charge in [0.05, 0.1) is 5.76 Å². The molecular formula is C23H18O2.